The molecule has 4 bridgehead atoms. The number of nitrogen functional groups attached to an aromatic ring is 1. The minimum Gasteiger partial charge on any atom is -0.399 e. The molecule has 4 saturated carbocycles. The molecule has 5 rings (SSSR count). The summed E-state index contributed by atoms with van der Waals surface area (Å²) in [4.78, 5) is 4.50. The molecule has 0 aromatic carbocycles. The third kappa shape index (κ3) is 1.83. The van der Waals surface area contributed by atoms with Gasteiger partial charge >= 0.3 is 0 Å². The maximum atomic E-state index is 5.87. The Kier molecular flexibility index (Phi) is 2.41. The van der Waals surface area contributed by atoms with E-state index in [-0.39, 0.29) is 0 Å². The fourth-order valence-electron chi connectivity index (χ4n) is 4.86. The van der Waals surface area contributed by atoms with Gasteiger partial charge in [0.05, 0.1) is 5.03 Å². The summed E-state index contributed by atoms with van der Waals surface area (Å²) in [6.45, 7) is 0. The van der Waals surface area contributed by atoms with Crippen LogP contribution in [0.2, 0.25) is 0 Å². The lowest BCUT2D eigenvalue weighted by Crippen LogP contribution is -2.48. The van der Waals surface area contributed by atoms with E-state index < -0.39 is 0 Å². The average Bonchev–Trinajstić information content (AvgIpc) is 2.25. The van der Waals surface area contributed by atoms with Crippen LogP contribution in [0.25, 0.3) is 0 Å². The second-order valence-corrected chi connectivity index (χ2v) is 8.12. The van der Waals surface area contributed by atoms with Gasteiger partial charge in [-0.25, -0.2) is 4.98 Å². The van der Waals surface area contributed by atoms with Crippen LogP contribution >= 0.6 is 11.8 Å². The van der Waals surface area contributed by atoms with Gasteiger partial charge in [0.1, 0.15) is 0 Å². The molecule has 0 saturated heterocycles. The van der Waals surface area contributed by atoms with Crippen LogP contribution in [0.5, 0.6) is 0 Å². The van der Waals surface area contributed by atoms with E-state index in [0.717, 1.165) is 28.5 Å². The molecule has 1 aromatic rings. The van der Waals surface area contributed by atoms with Crippen LogP contribution in [0, 0.1) is 17.8 Å². The summed E-state index contributed by atoms with van der Waals surface area (Å²) < 4.78 is 0.496. The Hall–Kier alpha value is -0.700. The first-order chi connectivity index (χ1) is 8.71. The van der Waals surface area contributed by atoms with Crippen molar-refractivity contribution in [3.8, 4) is 0 Å². The van der Waals surface area contributed by atoms with Gasteiger partial charge in [-0.2, -0.15) is 0 Å². The highest BCUT2D eigenvalue weighted by molar-refractivity contribution is 8.00. The third-order valence-electron chi connectivity index (χ3n) is 5.06. The van der Waals surface area contributed by atoms with Crippen molar-refractivity contribution in [2.45, 2.75) is 48.3 Å². The fraction of sp³-hybridized carbons (Fsp3) is 0.667. The molecule has 0 spiro atoms. The highest BCUT2D eigenvalue weighted by Crippen LogP contribution is 2.61. The highest BCUT2D eigenvalue weighted by Gasteiger charge is 2.51. The summed E-state index contributed by atoms with van der Waals surface area (Å²) >= 11 is 2.02. The Labute approximate surface area is 113 Å². The van der Waals surface area contributed by atoms with Gasteiger partial charge in [-0.1, -0.05) is 11.8 Å². The first kappa shape index (κ1) is 11.2. The fourth-order valence-corrected chi connectivity index (χ4v) is 6.57. The number of anilines is 1. The van der Waals surface area contributed by atoms with Crippen LogP contribution < -0.4 is 5.73 Å². The van der Waals surface area contributed by atoms with E-state index in [0.29, 0.717) is 4.75 Å². The lowest BCUT2D eigenvalue weighted by Gasteiger charge is -2.56. The molecule has 2 nitrogen and oxygen atoms in total. The molecule has 2 N–H and O–H groups in total. The molecular weight excluding hydrogens is 240 g/mol. The number of hydrogen-bond donors (Lipinski definition) is 1. The van der Waals surface area contributed by atoms with Gasteiger partial charge in [-0.05, 0) is 68.4 Å². The second kappa shape index (κ2) is 3.89. The Balaban J connectivity index is 1.60. The van der Waals surface area contributed by atoms with E-state index in [2.05, 4.69) is 4.98 Å². The summed E-state index contributed by atoms with van der Waals surface area (Å²) in [5, 5.41) is 1.14. The molecular formula is C15H20N2S. The van der Waals surface area contributed by atoms with E-state index in [1.165, 1.54) is 38.5 Å². The summed E-state index contributed by atoms with van der Waals surface area (Å²) in [6.07, 6.45) is 10.6. The van der Waals surface area contributed by atoms with Gasteiger partial charge in [0, 0.05) is 16.6 Å². The molecule has 4 fully saturated rings. The van der Waals surface area contributed by atoms with Crippen LogP contribution in [0.3, 0.4) is 0 Å². The van der Waals surface area contributed by atoms with Crippen molar-refractivity contribution in [2.24, 2.45) is 17.8 Å². The Bertz CT molecular complexity index is 436. The zero-order valence-electron chi connectivity index (χ0n) is 10.6. The number of nitrogens with zero attached hydrogens (tertiary/aromatic N) is 1. The molecule has 4 aliphatic carbocycles. The molecule has 1 heterocycles. The Morgan fingerprint density at radius 1 is 1.11 bits per heavy atom. The molecule has 0 atom stereocenters. The van der Waals surface area contributed by atoms with Crippen LogP contribution in [0.4, 0.5) is 5.69 Å². The minimum atomic E-state index is 0.496. The number of hydrogen-bond acceptors (Lipinski definition) is 3. The summed E-state index contributed by atoms with van der Waals surface area (Å²) in [5.41, 5.74) is 6.72. The number of aromatic nitrogens is 1. The third-order valence-corrected chi connectivity index (χ3v) is 6.43. The Morgan fingerprint density at radius 2 is 1.72 bits per heavy atom. The van der Waals surface area contributed by atoms with Crippen molar-refractivity contribution in [2.75, 3.05) is 5.73 Å². The largest absolute Gasteiger partial charge is 0.399 e. The average molecular weight is 260 g/mol. The van der Waals surface area contributed by atoms with Crippen LogP contribution in [0.1, 0.15) is 38.5 Å². The number of pyridine rings is 1. The van der Waals surface area contributed by atoms with Crippen molar-refractivity contribution >= 4 is 17.4 Å². The van der Waals surface area contributed by atoms with E-state index >= 15 is 0 Å². The normalized spacial score (nSPS) is 41.2. The van der Waals surface area contributed by atoms with E-state index in [1.54, 1.807) is 0 Å². The zero-order chi connectivity index (χ0) is 12.2. The van der Waals surface area contributed by atoms with Crippen LogP contribution in [0.15, 0.2) is 23.4 Å². The van der Waals surface area contributed by atoms with Crippen molar-refractivity contribution < 1.29 is 0 Å². The Morgan fingerprint density at radius 3 is 2.28 bits per heavy atom. The van der Waals surface area contributed by atoms with Gasteiger partial charge < -0.3 is 5.73 Å². The molecule has 0 aliphatic heterocycles. The molecule has 0 unspecified atom stereocenters. The molecule has 96 valence electrons. The first-order valence-electron chi connectivity index (χ1n) is 7.11. The molecule has 0 radical (unpaired) electrons. The van der Waals surface area contributed by atoms with E-state index in [4.69, 9.17) is 5.73 Å². The first-order valence-corrected chi connectivity index (χ1v) is 7.93. The number of rotatable bonds is 2. The smallest absolute Gasteiger partial charge is 0.0985 e. The summed E-state index contributed by atoms with van der Waals surface area (Å²) in [6, 6.07) is 3.92. The van der Waals surface area contributed by atoms with Crippen LogP contribution in [-0.2, 0) is 0 Å². The molecule has 1 aromatic heterocycles. The minimum absolute atomic E-state index is 0.496. The SMILES string of the molecule is Nc1ccnc(SC23CC4CC(CC(C4)C2)C3)c1. The maximum Gasteiger partial charge on any atom is 0.0985 e. The van der Waals surface area contributed by atoms with Crippen molar-refractivity contribution in [3.63, 3.8) is 0 Å². The number of thioether (sulfide) groups is 1. The lowest BCUT2D eigenvalue weighted by molar-refractivity contribution is 0.0383. The highest BCUT2D eigenvalue weighted by atomic mass is 32.2. The van der Waals surface area contributed by atoms with Crippen molar-refractivity contribution in [1.82, 2.24) is 4.98 Å². The van der Waals surface area contributed by atoms with E-state index in [9.17, 15) is 0 Å². The molecule has 4 aliphatic rings. The predicted molar refractivity (Wildman–Crippen MR) is 75.4 cm³/mol. The molecule has 3 heteroatoms. The van der Waals surface area contributed by atoms with Gasteiger partial charge in [0.15, 0.2) is 0 Å². The predicted octanol–water partition coefficient (Wildman–Crippen LogP) is 3.72. The van der Waals surface area contributed by atoms with E-state index in [1.807, 2.05) is 30.1 Å². The maximum absolute atomic E-state index is 5.87. The van der Waals surface area contributed by atoms with Gasteiger partial charge in [0.25, 0.3) is 0 Å². The monoisotopic (exact) mass is 260 g/mol. The second-order valence-electron chi connectivity index (χ2n) is 6.63. The standard InChI is InChI=1S/C15H20N2S/c16-13-1-2-17-14(6-13)18-15-7-10-3-11(8-15)5-12(4-10)9-15/h1-2,6,10-12H,3-5,7-9H2,(H2,16,17). The lowest BCUT2D eigenvalue weighted by atomic mass is 9.56. The molecule has 18 heavy (non-hydrogen) atoms. The van der Waals surface area contributed by atoms with Gasteiger partial charge in [-0.3, -0.25) is 0 Å². The quantitative estimate of drug-likeness (QED) is 0.880. The van der Waals surface area contributed by atoms with Crippen molar-refractivity contribution in [3.05, 3.63) is 18.3 Å². The van der Waals surface area contributed by atoms with Crippen LogP contribution in [-0.4, -0.2) is 9.73 Å². The zero-order valence-corrected chi connectivity index (χ0v) is 11.5. The van der Waals surface area contributed by atoms with Gasteiger partial charge in [-0.15, -0.1) is 0 Å². The summed E-state index contributed by atoms with van der Waals surface area (Å²) in [7, 11) is 0. The molecule has 0 amide bonds. The summed E-state index contributed by atoms with van der Waals surface area (Å²) in [5.74, 6) is 3.01. The topological polar surface area (TPSA) is 38.9 Å². The number of nitrogens with two attached hydrogens (primary N) is 1. The van der Waals surface area contributed by atoms with Crippen molar-refractivity contribution in [1.29, 1.82) is 0 Å². The van der Waals surface area contributed by atoms with Gasteiger partial charge in [0.2, 0.25) is 0 Å².